The molecule has 2 rings (SSSR count). The summed E-state index contributed by atoms with van der Waals surface area (Å²) in [4.78, 5) is 17.9. The number of rotatable bonds is 1. The Labute approximate surface area is 97.2 Å². The van der Waals surface area contributed by atoms with Crippen LogP contribution in [0.5, 0.6) is 0 Å². The van der Waals surface area contributed by atoms with Crippen molar-refractivity contribution < 1.29 is 4.79 Å². The molecule has 1 aliphatic rings. The van der Waals surface area contributed by atoms with Crippen molar-refractivity contribution in [1.29, 1.82) is 0 Å². The molecule has 2 heterocycles. The molecule has 0 aliphatic carbocycles. The molecular formula is C10H8N2OS2. The van der Waals surface area contributed by atoms with Crippen LogP contribution in [0.3, 0.4) is 0 Å². The quantitative estimate of drug-likeness (QED) is 0.551. The van der Waals surface area contributed by atoms with Gasteiger partial charge < -0.3 is 0 Å². The Morgan fingerprint density at radius 3 is 2.87 bits per heavy atom. The largest absolute Gasteiger partial charge is 0.296 e. The van der Waals surface area contributed by atoms with Crippen LogP contribution in [0.25, 0.3) is 6.08 Å². The maximum absolute atomic E-state index is 11.6. The second kappa shape index (κ2) is 4.12. The van der Waals surface area contributed by atoms with Crippen molar-refractivity contribution in [2.45, 2.75) is 0 Å². The van der Waals surface area contributed by atoms with Crippen LogP contribution in [0.2, 0.25) is 0 Å². The molecule has 15 heavy (non-hydrogen) atoms. The number of carbonyl (C=O) groups excluding carboxylic acids is 1. The topological polar surface area (TPSA) is 33.2 Å². The number of thioether (sulfide) groups is 1. The monoisotopic (exact) mass is 236 g/mol. The molecule has 0 aromatic carbocycles. The first-order valence-electron chi connectivity index (χ1n) is 4.31. The molecule has 0 radical (unpaired) electrons. The Kier molecular flexibility index (Phi) is 2.83. The van der Waals surface area contributed by atoms with E-state index in [9.17, 15) is 4.79 Å². The number of nitrogens with zero attached hydrogens (tertiary/aromatic N) is 2. The Morgan fingerprint density at radius 2 is 2.33 bits per heavy atom. The average molecular weight is 236 g/mol. The third kappa shape index (κ3) is 2.08. The van der Waals surface area contributed by atoms with E-state index in [1.165, 1.54) is 16.7 Å². The lowest BCUT2D eigenvalue weighted by molar-refractivity contribution is -0.121. The molecule has 1 fully saturated rings. The predicted molar refractivity (Wildman–Crippen MR) is 65.2 cm³/mol. The number of amides is 1. The molecule has 1 aliphatic heterocycles. The predicted octanol–water partition coefficient (Wildman–Crippen LogP) is 1.91. The number of aromatic nitrogens is 1. The number of pyridine rings is 1. The van der Waals surface area contributed by atoms with Gasteiger partial charge in [-0.05, 0) is 18.2 Å². The van der Waals surface area contributed by atoms with Gasteiger partial charge in [-0.15, -0.1) is 0 Å². The minimum Gasteiger partial charge on any atom is -0.296 e. The third-order valence-corrected chi connectivity index (χ3v) is 3.44. The highest BCUT2D eigenvalue weighted by atomic mass is 32.2. The zero-order valence-corrected chi connectivity index (χ0v) is 9.64. The maximum Gasteiger partial charge on any atom is 0.265 e. The summed E-state index contributed by atoms with van der Waals surface area (Å²) < 4.78 is 0.585. The van der Waals surface area contributed by atoms with E-state index in [0.717, 1.165) is 5.69 Å². The second-order valence-corrected chi connectivity index (χ2v) is 4.67. The Hall–Kier alpha value is -1.20. The van der Waals surface area contributed by atoms with E-state index in [0.29, 0.717) is 9.23 Å². The lowest BCUT2D eigenvalue weighted by Crippen LogP contribution is -2.22. The van der Waals surface area contributed by atoms with Crippen LogP contribution in [0.4, 0.5) is 0 Å². The first-order valence-corrected chi connectivity index (χ1v) is 5.53. The van der Waals surface area contributed by atoms with Crippen LogP contribution in [0, 0.1) is 0 Å². The van der Waals surface area contributed by atoms with Crippen LogP contribution in [0.1, 0.15) is 5.69 Å². The number of hydrogen-bond donors (Lipinski definition) is 0. The molecule has 1 aromatic heterocycles. The smallest absolute Gasteiger partial charge is 0.265 e. The SMILES string of the molecule is CN1C(=O)C(=Cc2ccccn2)SC1=S. The van der Waals surface area contributed by atoms with Crippen LogP contribution < -0.4 is 0 Å². The zero-order chi connectivity index (χ0) is 10.8. The molecular weight excluding hydrogens is 228 g/mol. The molecule has 1 aromatic rings. The van der Waals surface area contributed by atoms with Crippen LogP contribution in [-0.4, -0.2) is 27.2 Å². The highest BCUT2D eigenvalue weighted by molar-refractivity contribution is 8.26. The Morgan fingerprint density at radius 1 is 1.53 bits per heavy atom. The summed E-state index contributed by atoms with van der Waals surface area (Å²) in [6.45, 7) is 0. The minimum absolute atomic E-state index is 0.0596. The van der Waals surface area contributed by atoms with Gasteiger partial charge in [-0.1, -0.05) is 30.0 Å². The maximum atomic E-state index is 11.6. The summed E-state index contributed by atoms with van der Waals surface area (Å²) in [6, 6.07) is 5.57. The van der Waals surface area contributed by atoms with Gasteiger partial charge in [0.1, 0.15) is 4.32 Å². The van der Waals surface area contributed by atoms with E-state index >= 15 is 0 Å². The first-order chi connectivity index (χ1) is 7.18. The summed E-state index contributed by atoms with van der Waals surface area (Å²) in [5, 5.41) is 0. The number of hydrogen-bond acceptors (Lipinski definition) is 4. The van der Waals surface area contributed by atoms with E-state index in [4.69, 9.17) is 12.2 Å². The second-order valence-electron chi connectivity index (χ2n) is 3.00. The fraction of sp³-hybridized carbons (Fsp3) is 0.100. The highest BCUT2D eigenvalue weighted by Crippen LogP contribution is 2.30. The van der Waals surface area contributed by atoms with Crippen molar-refractivity contribution >= 4 is 40.3 Å². The molecule has 0 unspecified atom stereocenters. The van der Waals surface area contributed by atoms with Gasteiger partial charge >= 0.3 is 0 Å². The van der Waals surface area contributed by atoms with Gasteiger partial charge in [0.15, 0.2) is 0 Å². The summed E-state index contributed by atoms with van der Waals surface area (Å²) in [7, 11) is 1.68. The molecule has 0 N–H and O–H groups in total. The van der Waals surface area contributed by atoms with Gasteiger partial charge in [0.25, 0.3) is 5.91 Å². The summed E-state index contributed by atoms with van der Waals surface area (Å²) >= 11 is 6.32. The van der Waals surface area contributed by atoms with Crippen molar-refractivity contribution in [2.24, 2.45) is 0 Å². The van der Waals surface area contributed by atoms with Crippen LogP contribution in [-0.2, 0) is 4.79 Å². The molecule has 1 saturated heterocycles. The Balaban J connectivity index is 2.30. The van der Waals surface area contributed by atoms with Gasteiger partial charge in [0.2, 0.25) is 0 Å². The van der Waals surface area contributed by atoms with Crippen molar-refractivity contribution in [3.63, 3.8) is 0 Å². The molecule has 0 saturated carbocycles. The standard InChI is InChI=1S/C10H8N2OS2/c1-12-9(13)8(15-10(12)14)6-7-4-2-3-5-11-7/h2-6H,1H3. The van der Waals surface area contributed by atoms with Gasteiger partial charge in [-0.3, -0.25) is 14.7 Å². The fourth-order valence-electron chi connectivity index (χ4n) is 1.14. The van der Waals surface area contributed by atoms with Crippen molar-refractivity contribution in [2.75, 3.05) is 7.05 Å². The van der Waals surface area contributed by atoms with Crippen molar-refractivity contribution in [3.8, 4) is 0 Å². The molecule has 76 valence electrons. The number of likely N-dealkylation sites (N-methyl/N-ethyl adjacent to an activating group) is 1. The molecule has 0 spiro atoms. The fourth-order valence-corrected chi connectivity index (χ4v) is 2.31. The number of carbonyl (C=O) groups is 1. The van der Waals surface area contributed by atoms with Gasteiger partial charge in [-0.2, -0.15) is 0 Å². The molecule has 5 heteroatoms. The minimum atomic E-state index is -0.0596. The Bertz CT molecular complexity index is 442. The number of thiocarbonyl (C=S) groups is 1. The van der Waals surface area contributed by atoms with Crippen molar-refractivity contribution in [3.05, 3.63) is 35.0 Å². The van der Waals surface area contributed by atoms with Crippen LogP contribution in [0.15, 0.2) is 29.3 Å². The van der Waals surface area contributed by atoms with E-state index in [-0.39, 0.29) is 5.91 Å². The van der Waals surface area contributed by atoms with Gasteiger partial charge in [0, 0.05) is 13.2 Å². The van der Waals surface area contributed by atoms with E-state index in [1.807, 2.05) is 18.2 Å². The molecule has 0 atom stereocenters. The highest BCUT2D eigenvalue weighted by Gasteiger charge is 2.28. The summed E-state index contributed by atoms with van der Waals surface area (Å²) in [6.07, 6.45) is 3.45. The van der Waals surface area contributed by atoms with E-state index < -0.39 is 0 Å². The van der Waals surface area contributed by atoms with Gasteiger partial charge in [-0.25, -0.2) is 0 Å². The third-order valence-electron chi connectivity index (χ3n) is 1.95. The normalized spacial score (nSPS) is 19.0. The lowest BCUT2D eigenvalue weighted by atomic mass is 10.3. The van der Waals surface area contributed by atoms with E-state index in [1.54, 1.807) is 19.3 Å². The molecule has 3 nitrogen and oxygen atoms in total. The van der Waals surface area contributed by atoms with Crippen LogP contribution >= 0.6 is 24.0 Å². The molecule has 0 bridgehead atoms. The first kappa shape index (κ1) is 10.3. The summed E-state index contributed by atoms with van der Waals surface area (Å²) in [5.41, 5.74) is 0.770. The molecule has 1 amide bonds. The lowest BCUT2D eigenvalue weighted by Gasteiger charge is -2.03. The summed E-state index contributed by atoms with van der Waals surface area (Å²) in [5.74, 6) is -0.0596. The van der Waals surface area contributed by atoms with Gasteiger partial charge in [0.05, 0.1) is 10.6 Å². The van der Waals surface area contributed by atoms with E-state index in [2.05, 4.69) is 4.98 Å². The average Bonchev–Trinajstić information content (AvgIpc) is 2.48. The zero-order valence-electron chi connectivity index (χ0n) is 8.01. The van der Waals surface area contributed by atoms with Crippen molar-refractivity contribution in [1.82, 2.24) is 9.88 Å².